The van der Waals surface area contributed by atoms with Crippen molar-refractivity contribution in [3.63, 3.8) is 0 Å². The van der Waals surface area contributed by atoms with Crippen LogP contribution in [0.3, 0.4) is 0 Å². The van der Waals surface area contributed by atoms with E-state index in [2.05, 4.69) is 12.1 Å². The van der Waals surface area contributed by atoms with Crippen molar-refractivity contribution in [3.8, 4) is 0 Å². The molecule has 0 spiro atoms. The molecule has 1 heterocycles. The third-order valence-corrected chi connectivity index (χ3v) is 4.26. The second-order valence-corrected chi connectivity index (χ2v) is 5.73. The van der Waals surface area contributed by atoms with Crippen LogP contribution in [0.25, 0.3) is 10.9 Å². The van der Waals surface area contributed by atoms with E-state index < -0.39 is 0 Å². The molecule has 3 rings (SSSR count). The predicted molar refractivity (Wildman–Crippen MR) is 86.7 cm³/mol. The minimum atomic E-state index is 0. The number of carbonyl (C=O) groups is 1. The molecule has 0 saturated heterocycles. The molecule has 0 aliphatic heterocycles. The van der Waals surface area contributed by atoms with Crippen LogP contribution >= 0.6 is 11.8 Å². The average Bonchev–Trinajstić information content (AvgIpc) is 2.55. The van der Waals surface area contributed by atoms with E-state index in [1.54, 1.807) is 11.8 Å². The molecule has 2 nitrogen and oxygen atoms in total. The summed E-state index contributed by atoms with van der Waals surface area (Å²) in [6.07, 6.45) is 3.99. The fraction of sp³-hybridized carbons (Fsp3) is 0.111. The number of carbonyl (C=O) groups excluding carboxylic acids is 1. The summed E-state index contributed by atoms with van der Waals surface area (Å²) in [6.45, 7) is 0.361. The number of halogens is 1. The number of thioether (sulfide) groups is 1. The molecule has 3 aromatic rings. The van der Waals surface area contributed by atoms with Gasteiger partial charge in [-0.25, -0.2) is 0 Å². The summed E-state index contributed by atoms with van der Waals surface area (Å²) in [6, 6.07) is 19.9. The number of para-hydroxylation sites is 1. The molecular formula is C18H16INOS. The Morgan fingerprint density at radius 3 is 2.41 bits per heavy atom. The van der Waals surface area contributed by atoms with Crippen molar-refractivity contribution in [2.24, 2.45) is 0 Å². The van der Waals surface area contributed by atoms with E-state index in [9.17, 15) is 4.79 Å². The van der Waals surface area contributed by atoms with Crippen LogP contribution in [-0.2, 0) is 6.54 Å². The molecule has 22 heavy (non-hydrogen) atoms. The standard InChI is InChI=1S/C18H16NOS.HI/c1-21-16-10-8-15(9-11-16)18(20)13-19-12-4-6-14-5-2-3-7-17(14)19;/h2-12H,13H2,1H3;1H/q+1;/p-1. The van der Waals surface area contributed by atoms with Gasteiger partial charge in [0, 0.05) is 28.0 Å². The number of aromatic nitrogens is 1. The van der Waals surface area contributed by atoms with Crippen LogP contribution < -0.4 is 28.5 Å². The van der Waals surface area contributed by atoms with Crippen molar-refractivity contribution in [3.05, 3.63) is 72.4 Å². The molecule has 0 amide bonds. The number of nitrogens with zero attached hydrogens (tertiary/aromatic N) is 1. The summed E-state index contributed by atoms with van der Waals surface area (Å²) in [7, 11) is 0. The first-order chi connectivity index (χ1) is 10.3. The quantitative estimate of drug-likeness (QED) is 0.268. The molecule has 0 bridgehead atoms. The maximum Gasteiger partial charge on any atom is 0.227 e. The zero-order chi connectivity index (χ0) is 14.7. The van der Waals surface area contributed by atoms with E-state index in [-0.39, 0.29) is 29.8 Å². The number of Topliss-reactive ketones (excluding diaryl/α,β-unsaturated/α-hetero) is 1. The lowest BCUT2D eigenvalue weighted by atomic mass is 10.1. The molecule has 0 atom stereocenters. The zero-order valence-corrected chi connectivity index (χ0v) is 15.2. The molecule has 0 saturated carbocycles. The average molecular weight is 421 g/mol. The Hall–Kier alpha value is -1.40. The number of hydrogen-bond donors (Lipinski definition) is 0. The summed E-state index contributed by atoms with van der Waals surface area (Å²) in [5.74, 6) is 0.129. The van der Waals surface area contributed by atoms with E-state index >= 15 is 0 Å². The molecular weight excluding hydrogens is 405 g/mol. The van der Waals surface area contributed by atoms with Gasteiger partial charge < -0.3 is 24.0 Å². The highest BCUT2D eigenvalue weighted by Crippen LogP contribution is 2.15. The molecule has 1 aromatic heterocycles. The minimum Gasteiger partial charge on any atom is -1.00 e. The third kappa shape index (κ3) is 3.67. The Morgan fingerprint density at radius 1 is 1.00 bits per heavy atom. The van der Waals surface area contributed by atoms with Gasteiger partial charge in [-0.2, -0.15) is 4.57 Å². The number of rotatable bonds is 4. The van der Waals surface area contributed by atoms with Gasteiger partial charge in [-0.15, -0.1) is 11.8 Å². The Bertz CT molecular complexity index is 781. The molecule has 0 N–H and O–H groups in total. The minimum absolute atomic E-state index is 0. The molecule has 0 aliphatic rings. The number of pyridine rings is 1. The SMILES string of the molecule is CSc1ccc(C(=O)C[n+]2cccc3ccccc32)cc1.[I-]. The zero-order valence-electron chi connectivity index (χ0n) is 12.2. The fourth-order valence-electron chi connectivity index (χ4n) is 2.38. The molecule has 112 valence electrons. The highest BCUT2D eigenvalue weighted by molar-refractivity contribution is 7.98. The monoisotopic (exact) mass is 421 g/mol. The number of benzene rings is 2. The lowest BCUT2D eigenvalue weighted by Crippen LogP contribution is -3.00. The molecule has 0 unspecified atom stereocenters. The number of hydrogen-bond acceptors (Lipinski definition) is 2. The van der Waals surface area contributed by atoms with E-state index in [4.69, 9.17) is 0 Å². The van der Waals surface area contributed by atoms with Gasteiger partial charge >= 0.3 is 0 Å². The van der Waals surface area contributed by atoms with E-state index in [1.807, 2.05) is 65.6 Å². The third-order valence-electron chi connectivity index (χ3n) is 3.51. The van der Waals surface area contributed by atoms with Crippen molar-refractivity contribution in [1.29, 1.82) is 0 Å². The maximum absolute atomic E-state index is 12.4. The van der Waals surface area contributed by atoms with E-state index in [1.165, 1.54) is 4.90 Å². The molecule has 2 aromatic carbocycles. The van der Waals surface area contributed by atoms with Crippen molar-refractivity contribution in [2.45, 2.75) is 11.4 Å². The second-order valence-electron chi connectivity index (χ2n) is 4.85. The Morgan fingerprint density at radius 2 is 1.68 bits per heavy atom. The highest BCUT2D eigenvalue weighted by Gasteiger charge is 2.14. The Labute approximate surface area is 151 Å². The summed E-state index contributed by atoms with van der Waals surface area (Å²) in [4.78, 5) is 13.6. The maximum atomic E-state index is 12.4. The molecule has 0 aliphatic carbocycles. The molecule has 0 fully saturated rings. The van der Waals surface area contributed by atoms with Crippen LogP contribution in [0.4, 0.5) is 0 Å². The largest absolute Gasteiger partial charge is 1.00 e. The number of ketones is 1. The predicted octanol–water partition coefficient (Wildman–Crippen LogP) is 0.736. The first kappa shape index (κ1) is 17.0. The fourth-order valence-corrected chi connectivity index (χ4v) is 2.79. The van der Waals surface area contributed by atoms with Crippen LogP contribution in [0.2, 0.25) is 0 Å². The van der Waals surface area contributed by atoms with Crippen LogP contribution in [-0.4, -0.2) is 12.0 Å². The van der Waals surface area contributed by atoms with Crippen molar-refractivity contribution in [1.82, 2.24) is 0 Å². The van der Waals surface area contributed by atoms with Gasteiger partial charge in [0.15, 0.2) is 6.20 Å². The van der Waals surface area contributed by atoms with Gasteiger partial charge in [0.1, 0.15) is 0 Å². The Balaban J connectivity index is 0.00000176. The molecule has 4 heteroatoms. The van der Waals surface area contributed by atoms with Crippen molar-refractivity contribution < 1.29 is 33.3 Å². The summed E-state index contributed by atoms with van der Waals surface area (Å²) < 4.78 is 2.00. The van der Waals surface area contributed by atoms with Gasteiger partial charge in [0.25, 0.3) is 0 Å². The first-order valence-electron chi connectivity index (χ1n) is 6.82. The Kier molecular flexibility index (Phi) is 5.97. The second kappa shape index (κ2) is 7.74. The van der Waals surface area contributed by atoms with E-state index in [0.29, 0.717) is 6.54 Å². The van der Waals surface area contributed by atoms with Gasteiger partial charge in [-0.3, -0.25) is 4.79 Å². The van der Waals surface area contributed by atoms with Crippen molar-refractivity contribution >= 4 is 28.4 Å². The van der Waals surface area contributed by atoms with Gasteiger partial charge in [0.2, 0.25) is 17.8 Å². The van der Waals surface area contributed by atoms with Gasteiger partial charge in [-0.05, 0) is 30.5 Å². The van der Waals surface area contributed by atoms with Gasteiger partial charge in [0.05, 0.1) is 0 Å². The van der Waals surface area contributed by atoms with Crippen LogP contribution in [0, 0.1) is 0 Å². The van der Waals surface area contributed by atoms with Crippen LogP contribution in [0.1, 0.15) is 10.4 Å². The summed E-state index contributed by atoms with van der Waals surface area (Å²) in [5.41, 5.74) is 1.84. The summed E-state index contributed by atoms with van der Waals surface area (Å²) >= 11 is 1.68. The highest BCUT2D eigenvalue weighted by atomic mass is 127. The smallest absolute Gasteiger partial charge is 0.227 e. The number of fused-ring (bicyclic) bond motifs is 1. The van der Waals surface area contributed by atoms with Crippen LogP contribution in [0.15, 0.2) is 71.8 Å². The normalized spacial score (nSPS) is 10.2. The lowest BCUT2D eigenvalue weighted by molar-refractivity contribution is -0.657. The van der Waals surface area contributed by atoms with Gasteiger partial charge in [-0.1, -0.05) is 24.3 Å². The van der Waals surface area contributed by atoms with Crippen molar-refractivity contribution in [2.75, 3.05) is 6.26 Å². The summed E-state index contributed by atoms with van der Waals surface area (Å²) in [5, 5.41) is 1.14. The van der Waals surface area contributed by atoms with Crippen LogP contribution in [0.5, 0.6) is 0 Å². The molecule has 0 radical (unpaired) electrons. The topological polar surface area (TPSA) is 20.9 Å². The first-order valence-corrected chi connectivity index (χ1v) is 8.05. The van der Waals surface area contributed by atoms with E-state index in [0.717, 1.165) is 16.5 Å². The lowest BCUT2D eigenvalue weighted by Gasteiger charge is -2.02.